The number of anilines is 1. The van der Waals surface area contributed by atoms with Gasteiger partial charge in [0.25, 0.3) is 5.91 Å². The molecule has 0 unspecified atom stereocenters. The molecule has 32 heavy (non-hydrogen) atoms. The number of halogens is 1. The molecule has 0 saturated carbocycles. The lowest BCUT2D eigenvalue weighted by Crippen LogP contribution is -2.13. The van der Waals surface area contributed by atoms with Crippen LogP contribution in [0.1, 0.15) is 10.5 Å². The molecule has 0 aliphatic rings. The molecule has 2 N–H and O–H groups in total. The number of hydrogen-bond donors (Lipinski definition) is 2. The lowest BCUT2D eigenvalue weighted by Gasteiger charge is -2.09. The third-order valence-electron chi connectivity index (χ3n) is 4.93. The van der Waals surface area contributed by atoms with E-state index in [0.29, 0.717) is 27.9 Å². The Balaban J connectivity index is 1.25. The van der Waals surface area contributed by atoms with Crippen molar-refractivity contribution in [3.05, 3.63) is 102 Å². The number of hydrogen-bond acceptors (Lipinski definition) is 4. The van der Waals surface area contributed by atoms with Crippen molar-refractivity contribution in [1.29, 1.82) is 0 Å². The van der Waals surface area contributed by atoms with Crippen molar-refractivity contribution < 1.29 is 9.53 Å². The number of H-pyrrole nitrogens is 1. The summed E-state index contributed by atoms with van der Waals surface area (Å²) in [5.74, 6) is 1.07. The molecule has 5 aromatic rings. The van der Waals surface area contributed by atoms with Gasteiger partial charge in [0.2, 0.25) is 0 Å². The molecular weight excluding hydrogens is 424 g/mol. The van der Waals surface area contributed by atoms with Crippen LogP contribution in [-0.2, 0) is 0 Å². The predicted octanol–water partition coefficient (Wildman–Crippen LogP) is 6.32. The quantitative estimate of drug-likeness (QED) is 0.335. The summed E-state index contributed by atoms with van der Waals surface area (Å²) in [6.07, 6.45) is 5.18. The van der Waals surface area contributed by atoms with Gasteiger partial charge in [0.1, 0.15) is 22.8 Å². The summed E-state index contributed by atoms with van der Waals surface area (Å²) in [6.45, 7) is 0. The highest BCUT2D eigenvalue weighted by Gasteiger charge is 2.10. The van der Waals surface area contributed by atoms with Crippen molar-refractivity contribution in [1.82, 2.24) is 15.0 Å². The molecule has 156 valence electrons. The number of fused-ring (bicyclic) bond motifs is 1. The van der Waals surface area contributed by atoms with E-state index in [1.54, 1.807) is 42.7 Å². The molecule has 6 nitrogen and oxygen atoms in total. The monoisotopic (exact) mass is 440 g/mol. The van der Waals surface area contributed by atoms with Gasteiger partial charge in [-0.25, -0.2) is 4.98 Å². The smallest absolute Gasteiger partial charge is 0.274 e. The Morgan fingerprint density at radius 2 is 1.66 bits per heavy atom. The van der Waals surface area contributed by atoms with E-state index in [2.05, 4.69) is 20.3 Å². The molecule has 0 aliphatic carbocycles. The first kappa shape index (κ1) is 19.8. The van der Waals surface area contributed by atoms with Crippen LogP contribution in [0.4, 0.5) is 5.69 Å². The molecule has 0 radical (unpaired) electrons. The topological polar surface area (TPSA) is 79.9 Å². The van der Waals surface area contributed by atoms with Crippen LogP contribution in [0.25, 0.3) is 22.2 Å². The number of amides is 1. The van der Waals surface area contributed by atoms with E-state index in [-0.39, 0.29) is 5.91 Å². The minimum Gasteiger partial charge on any atom is -0.457 e. The van der Waals surface area contributed by atoms with E-state index in [9.17, 15) is 4.79 Å². The number of nitrogens with zero attached hydrogens (tertiary/aromatic N) is 2. The minimum absolute atomic E-state index is 0.288. The summed E-state index contributed by atoms with van der Waals surface area (Å²) in [5, 5.41) is 4.43. The Labute approximate surface area is 188 Å². The molecule has 0 atom stereocenters. The first-order chi connectivity index (χ1) is 15.7. The zero-order chi connectivity index (χ0) is 21.9. The highest BCUT2D eigenvalue weighted by atomic mass is 35.5. The van der Waals surface area contributed by atoms with Crippen molar-refractivity contribution in [2.24, 2.45) is 0 Å². The van der Waals surface area contributed by atoms with Gasteiger partial charge in [-0.05, 0) is 60.2 Å². The number of benzene rings is 2. The Morgan fingerprint density at radius 1 is 0.875 bits per heavy atom. The number of carbonyl (C=O) groups is 1. The summed E-state index contributed by atoms with van der Waals surface area (Å²) in [7, 11) is 0. The van der Waals surface area contributed by atoms with Crippen LogP contribution < -0.4 is 10.1 Å². The molecular formula is C25H17ClN4O2. The van der Waals surface area contributed by atoms with Gasteiger partial charge in [-0.15, -0.1) is 0 Å². The fourth-order valence-electron chi connectivity index (χ4n) is 3.29. The van der Waals surface area contributed by atoms with E-state index in [4.69, 9.17) is 16.3 Å². The Hall–Kier alpha value is -4.16. The Morgan fingerprint density at radius 3 is 2.41 bits per heavy atom. The van der Waals surface area contributed by atoms with Gasteiger partial charge in [-0.2, -0.15) is 0 Å². The molecule has 0 aliphatic heterocycles. The number of pyridine rings is 2. The maximum atomic E-state index is 12.6. The number of carbonyl (C=O) groups excluding carboxylic acids is 1. The summed E-state index contributed by atoms with van der Waals surface area (Å²) in [5.41, 5.74) is 3.63. The minimum atomic E-state index is -0.288. The number of nitrogens with one attached hydrogen (secondary N) is 2. The van der Waals surface area contributed by atoms with E-state index in [1.165, 1.54) is 0 Å². The van der Waals surface area contributed by atoms with Gasteiger partial charge in [-0.3, -0.25) is 9.78 Å². The lowest BCUT2D eigenvalue weighted by molar-refractivity contribution is 0.102. The van der Waals surface area contributed by atoms with Crippen molar-refractivity contribution in [2.75, 3.05) is 5.32 Å². The van der Waals surface area contributed by atoms with E-state index in [1.807, 2.05) is 48.7 Å². The standard InChI is InChI=1S/C25H17ClN4O2/c26-18-4-1-16(2-5-18)17-3-10-22(29-15-17)25(31)30-19-6-8-20(9-7-19)32-23-12-14-28-24-21(23)11-13-27-24/h1-15H,(H,27,28)(H,30,31). The zero-order valence-corrected chi connectivity index (χ0v) is 17.5. The van der Waals surface area contributed by atoms with Crippen molar-refractivity contribution in [3.8, 4) is 22.6 Å². The van der Waals surface area contributed by atoms with Gasteiger partial charge >= 0.3 is 0 Å². The van der Waals surface area contributed by atoms with Gasteiger partial charge in [0.05, 0.1) is 5.39 Å². The van der Waals surface area contributed by atoms with Gasteiger partial charge in [-0.1, -0.05) is 29.8 Å². The lowest BCUT2D eigenvalue weighted by atomic mass is 10.1. The van der Waals surface area contributed by atoms with Crippen LogP contribution in [0.15, 0.2) is 91.4 Å². The maximum Gasteiger partial charge on any atom is 0.274 e. The third kappa shape index (κ3) is 4.17. The van der Waals surface area contributed by atoms with Gasteiger partial charge in [0.15, 0.2) is 0 Å². The largest absolute Gasteiger partial charge is 0.457 e. The average Bonchev–Trinajstić information content (AvgIpc) is 3.31. The Kier molecular flexibility index (Phi) is 5.27. The van der Waals surface area contributed by atoms with Crippen LogP contribution in [0.3, 0.4) is 0 Å². The first-order valence-corrected chi connectivity index (χ1v) is 10.3. The van der Waals surface area contributed by atoms with Gasteiger partial charge < -0.3 is 15.0 Å². The van der Waals surface area contributed by atoms with Crippen LogP contribution in [-0.4, -0.2) is 20.9 Å². The second-order valence-electron chi connectivity index (χ2n) is 7.07. The Bertz CT molecular complexity index is 1380. The SMILES string of the molecule is O=C(Nc1ccc(Oc2ccnc3[nH]ccc23)cc1)c1ccc(-c2ccc(Cl)cc2)cn1. The van der Waals surface area contributed by atoms with E-state index >= 15 is 0 Å². The van der Waals surface area contributed by atoms with Crippen molar-refractivity contribution in [3.63, 3.8) is 0 Å². The number of rotatable bonds is 5. The molecule has 0 spiro atoms. The molecule has 0 saturated heterocycles. The second-order valence-corrected chi connectivity index (χ2v) is 7.51. The fourth-order valence-corrected chi connectivity index (χ4v) is 3.42. The summed E-state index contributed by atoms with van der Waals surface area (Å²) >= 11 is 5.93. The molecule has 1 amide bonds. The molecule has 0 fully saturated rings. The van der Waals surface area contributed by atoms with Gasteiger partial charge in [0, 0.05) is 34.9 Å². The van der Waals surface area contributed by atoms with E-state index < -0.39 is 0 Å². The third-order valence-corrected chi connectivity index (χ3v) is 5.19. The number of aromatic amines is 1. The zero-order valence-electron chi connectivity index (χ0n) is 16.7. The van der Waals surface area contributed by atoms with Crippen molar-refractivity contribution >= 4 is 34.2 Å². The number of aromatic nitrogens is 3. The number of ether oxygens (including phenoxy) is 1. The summed E-state index contributed by atoms with van der Waals surface area (Å²) < 4.78 is 5.96. The average molecular weight is 441 g/mol. The maximum absolute atomic E-state index is 12.6. The summed E-state index contributed by atoms with van der Waals surface area (Å²) in [4.78, 5) is 24.2. The highest BCUT2D eigenvalue weighted by Crippen LogP contribution is 2.29. The molecule has 3 heterocycles. The normalized spacial score (nSPS) is 10.8. The molecule has 2 aromatic carbocycles. The second kappa shape index (κ2) is 8.53. The van der Waals surface area contributed by atoms with Crippen LogP contribution in [0, 0.1) is 0 Å². The summed E-state index contributed by atoms with van der Waals surface area (Å²) in [6, 6.07) is 21.9. The highest BCUT2D eigenvalue weighted by molar-refractivity contribution is 6.30. The predicted molar refractivity (Wildman–Crippen MR) is 125 cm³/mol. The van der Waals surface area contributed by atoms with Crippen LogP contribution in [0.2, 0.25) is 5.02 Å². The molecule has 5 rings (SSSR count). The molecule has 0 bridgehead atoms. The molecule has 7 heteroatoms. The first-order valence-electron chi connectivity index (χ1n) is 9.89. The van der Waals surface area contributed by atoms with Crippen LogP contribution >= 0.6 is 11.6 Å². The fraction of sp³-hybridized carbons (Fsp3) is 0. The van der Waals surface area contributed by atoms with Crippen LogP contribution in [0.5, 0.6) is 11.5 Å². The molecule has 3 aromatic heterocycles. The van der Waals surface area contributed by atoms with Crippen molar-refractivity contribution in [2.45, 2.75) is 0 Å². The van der Waals surface area contributed by atoms with E-state index in [0.717, 1.165) is 22.2 Å².